The van der Waals surface area contributed by atoms with Crippen LogP contribution in [0.4, 0.5) is 11.4 Å². The SMILES string of the molecule is CC(=Nn1c(-c2ccc([N+](=O)[O-])cc2)csc1=Nc1c(C)n(C)n(-c2ccccc2)c1=O)c1cccc(Br)c1. The van der Waals surface area contributed by atoms with Gasteiger partial charge in [-0.25, -0.2) is 14.4 Å². The minimum Gasteiger partial charge on any atom is -0.283 e. The zero-order valence-electron chi connectivity index (χ0n) is 21.3. The van der Waals surface area contributed by atoms with Gasteiger partial charge in [-0.2, -0.15) is 5.10 Å². The van der Waals surface area contributed by atoms with Crippen LogP contribution in [-0.2, 0) is 7.05 Å². The van der Waals surface area contributed by atoms with Crippen molar-refractivity contribution in [2.24, 2.45) is 17.1 Å². The maximum atomic E-state index is 13.5. The van der Waals surface area contributed by atoms with Gasteiger partial charge in [-0.3, -0.25) is 19.6 Å². The predicted molar refractivity (Wildman–Crippen MR) is 157 cm³/mol. The molecule has 0 atom stereocenters. The van der Waals surface area contributed by atoms with Crippen LogP contribution in [0.1, 0.15) is 18.2 Å². The smallest absolute Gasteiger partial charge is 0.283 e. The third-order valence-corrected chi connectivity index (χ3v) is 7.59. The minimum atomic E-state index is -0.433. The zero-order chi connectivity index (χ0) is 27.7. The molecule has 0 aliphatic rings. The number of benzene rings is 3. The third-order valence-electron chi connectivity index (χ3n) is 6.28. The lowest BCUT2D eigenvalue weighted by atomic mass is 10.1. The average Bonchev–Trinajstić information content (AvgIpc) is 3.42. The molecule has 0 spiro atoms. The van der Waals surface area contributed by atoms with E-state index in [4.69, 9.17) is 10.1 Å². The number of hydrogen-bond acceptors (Lipinski definition) is 6. The molecule has 2 heterocycles. The highest BCUT2D eigenvalue weighted by Gasteiger charge is 2.17. The lowest BCUT2D eigenvalue weighted by molar-refractivity contribution is -0.384. The standard InChI is InChI=1S/C28H23BrN6O3S/c1-18(21-8-7-9-22(29)16-21)31-33-25(20-12-14-24(15-13-20)35(37)38)17-39-28(33)30-26-19(2)32(3)34(27(26)36)23-10-5-4-6-11-23/h4-17H,1-3H3. The second kappa shape index (κ2) is 10.8. The highest BCUT2D eigenvalue weighted by atomic mass is 79.9. The number of non-ortho nitro benzene ring substituents is 1. The number of nitrogens with zero attached hydrogens (tertiary/aromatic N) is 6. The Balaban J connectivity index is 1.72. The van der Waals surface area contributed by atoms with Crippen LogP contribution in [0.15, 0.2) is 104 Å². The molecule has 0 radical (unpaired) electrons. The lowest BCUT2D eigenvalue weighted by Crippen LogP contribution is -2.20. The van der Waals surface area contributed by atoms with E-state index in [1.165, 1.54) is 23.5 Å². The van der Waals surface area contributed by atoms with E-state index in [1.54, 1.807) is 26.2 Å². The first kappa shape index (κ1) is 26.3. The number of nitro benzene ring substituents is 1. The van der Waals surface area contributed by atoms with E-state index in [9.17, 15) is 14.9 Å². The third kappa shape index (κ3) is 5.18. The van der Waals surface area contributed by atoms with E-state index < -0.39 is 4.92 Å². The summed E-state index contributed by atoms with van der Waals surface area (Å²) in [5.74, 6) is 0. The molecule has 5 aromatic rings. The van der Waals surface area contributed by atoms with Crippen molar-refractivity contribution in [3.8, 4) is 16.9 Å². The van der Waals surface area contributed by atoms with Crippen LogP contribution in [-0.4, -0.2) is 24.7 Å². The molecular formula is C28H23BrN6O3S. The highest BCUT2D eigenvalue weighted by Crippen LogP contribution is 2.25. The fourth-order valence-electron chi connectivity index (χ4n) is 4.13. The Morgan fingerprint density at radius 3 is 2.41 bits per heavy atom. The molecule has 0 saturated heterocycles. The topological polar surface area (TPSA) is 99.7 Å². The van der Waals surface area contributed by atoms with Crippen molar-refractivity contribution in [1.82, 2.24) is 14.0 Å². The van der Waals surface area contributed by atoms with Crippen molar-refractivity contribution in [3.63, 3.8) is 0 Å². The van der Waals surface area contributed by atoms with Gasteiger partial charge in [0.1, 0.15) is 0 Å². The molecule has 9 nitrogen and oxygen atoms in total. The van der Waals surface area contributed by atoms with Gasteiger partial charge in [-0.05, 0) is 55.8 Å². The van der Waals surface area contributed by atoms with Gasteiger partial charge in [0.25, 0.3) is 11.2 Å². The van der Waals surface area contributed by atoms with Crippen molar-refractivity contribution in [3.05, 3.63) is 125 Å². The van der Waals surface area contributed by atoms with E-state index in [0.29, 0.717) is 21.9 Å². The largest absolute Gasteiger partial charge is 0.297 e. The number of aromatic nitrogens is 3. The molecule has 0 fully saturated rings. The summed E-state index contributed by atoms with van der Waals surface area (Å²) in [6.07, 6.45) is 0. The van der Waals surface area contributed by atoms with Gasteiger partial charge in [0.05, 0.1) is 27.7 Å². The number of rotatable bonds is 6. The van der Waals surface area contributed by atoms with Gasteiger partial charge < -0.3 is 0 Å². The van der Waals surface area contributed by atoms with E-state index in [0.717, 1.165) is 27.0 Å². The molecule has 0 N–H and O–H groups in total. The van der Waals surface area contributed by atoms with E-state index in [2.05, 4.69) is 15.9 Å². The van der Waals surface area contributed by atoms with Crippen molar-refractivity contribution < 1.29 is 4.92 Å². The van der Waals surface area contributed by atoms with Crippen LogP contribution in [0.5, 0.6) is 0 Å². The van der Waals surface area contributed by atoms with Crippen molar-refractivity contribution in [2.75, 3.05) is 0 Å². The van der Waals surface area contributed by atoms with Crippen LogP contribution in [0.3, 0.4) is 0 Å². The monoisotopic (exact) mass is 602 g/mol. The summed E-state index contributed by atoms with van der Waals surface area (Å²) >= 11 is 4.84. The van der Waals surface area contributed by atoms with Crippen LogP contribution in [0, 0.1) is 17.0 Å². The Hall–Kier alpha value is -4.35. The predicted octanol–water partition coefficient (Wildman–Crippen LogP) is 6.19. The summed E-state index contributed by atoms with van der Waals surface area (Å²) in [6.45, 7) is 3.75. The van der Waals surface area contributed by atoms with Crippen LogP contribution in [0.25, 0.3) is 16.9 Å². The molecule has 0 aliphatic carbocycles. The van der Waals surface area contributed by atoms with Gasteiger partial charge >= 0.3 is 0 Å². The molecule has 196 valence electrons. The van der Waals surface area contributed by atoms with Crippen LogP contribution >= 0.6 is 27.3 Å². The Bertz CT molecular complexity index is 1850. The number of hydrogen-bond donors (Lipinski definition) is 0. The molecule has 11 heteroatoms. The molecule has 39 heavy (non-hydrogen) atoms. The fraction of sp³-hybridized carbons (Fsp3) is 0.107. The molecule has 0 aliphatic heterocycles. The fourth-order valence-corrected chi connectivity index (χ4v) is 5.36. The summed E-state index contributed by atoms with van der Waals surface area (Å²) in [5, 5.41) is 17.9. The normalized spacial score (nSPS) is 12.2. The molecule has 5 rings (SSSR count). The van der Waals surface area contributed by atoms with E-state index >= 15 is 0 Å². The quantitative estimate of drug-likeness (QED) is 0.131. The second-order valence-corrected chi connectivity index (χ2v) is 10.5. The molecule has 0 bridgehead atoms. The van der Waals surface area contributed by atoms with Crippen molar-refractivity contribution in [2.45, 2.75) is 13.8 Å². The summed E-state index contributed by atoms with van der Waals surface area (Å²) < 4.78 is 5.97. The minimum absolute atomic E-state index is 0.000585. The Morgan fingerprint density at radius 1 is 1.03 bits per heavy atom. The maximum absolute atomic E-state index is 13.5. The van der Waals surface area contributed by atoms with Gasteiger partial charge in [0, 0.05) is 34.6 Å². The van der Waals surface area contributed by atoms with Crippen molar-refractivity contribution >= 4 is 44.4 Å². The molecular weight excluding hydrogens is 580 g/mol. The van der Waals surface area contributed by atoms with E-state index in [1.807, 2.05) is 80.9 Å². The van der Waals surface area contributed by atoms with Crippen LogP contribution in [0.2, 0.25) is 0 Å². The molecule has 0 amide bonds. The number of thiazole rings is 1. The summed E-state index contributed by atoms with van der Waals surface area (Å²) in [4.78, 5) is 29.6. The first-order valence-corrected chi connectivity index (χ1v) is 13.6. The summed E-state index contributed by atoms with van der Waals surface area (Å²) in [7, 11) is 1.82. The van der Waals surface area contributed by atoms with E-state index in [-0.39, 0.29) is 11.2 Å². The first-order chi connectivity index (χ1) is 18.7. The lowest BCUT2D eigenvalue weighted by Gasteiger charge is -2.07. The second-order valence-electron chi connectivity index (χ2n) is 8.74. The van der Waals surface area contributed by atoms with Gasteiger partial charge in [0.15, 0.2) is 5.69 Å². The summed E-state index contributed by atoms with van der Waals surface area (Å²) in [6, 6.07) is 23.5. The Kier molecular flexibility index (Phi) is 7.27. The zero-order valence-corrected chi connectivity index (χ0v) is 23.7. The number of halogens is 1. The summed E-state index contributed by atoms with van der Waals surface area (Å²) in [5.41, 5.74) is 4.57. The number of para-hydroxylation sites is 1. The highest BCUT2D eigenvalue weighted by molar-refractivity contribution is 9.10. The van der Waals surface area contributed by atoms with Gasteiger partial charge in [-0.1, -0.05) is 46.3 Å². The van der Waals surface area contributed by atoms with Gasteiger partial charge in [-0.15, -0.1) is 11.3 Å². The average molecular weight is 604 g/mol. The van der Waals surface area contributed by atoms with Crippen LogP contribution < -0.4 is 10.4 Å². The Morgan fingerprint density at radius 2 is 1.74 bits per heavy atom. The maximum Gasteiger partial charge on any atom is 0.297 e. The molecule has 0 unspecified atom stereocenters. The van der Waals surface area contributed by atoms with Gasteiger partial charge in [0.2, 0.25) is 4.80 Å². The molecule has 3 aromatic carbocycles. The molecule has 0 saturated carbocycles. The Labute approximate surface area is 235 Å². The molecule has 2 aromatic heterocycles. The van der Waals surface area contributed by atoms with Crippen molar-refractivity contribution in [1.29, 1.82) is 0 Å². The number of nitro groups is 1. The first-order valence-electron chi connectivity index (χ1n) is 11.9.